The van der Waals surface area contributed by atoms with Crippen molar-refractivity contribution in [3.63, 3.8) is 0 Å². The Bertz CT molecular complexity index is 239. The predicted octanol–water partition coefficient (Wildman–Crippen LogP) is 0.206. The maximum absolute atomic E-state index is 11.7. The highest BCUT2D eigenvalue weighted by atomic mass is 16.5. The zero-order valence-corrected chi connectivity index (χ0v) is 10.8. The van der Waals surface area contributed by atoms with Gasteiger partial charge in [-0.1, -0.05) is 13.8 Å². The molecule has 0 aliphatic heterocycles. The molecule has 0 aliphatic rings. The molecule has 0 spiro atoms. The molecule has 0 heterocycles. The minimum absolute atomic E-state index is 0.329. The molecule has 0 saturated carbocycles. The first-order valence-corrected chi connectivity index (χ1v) is 5.40. The summed E-state index contributed by atoms with van der Waals surface area (Å²) in [5.41, 5.74) is 0. The van der Waals surface area contributed by atoms with Crippen LogP contribution in [0.4, 0.5) is 0 Å². The molecule has 94 valence electrons. The maximum Gasteiger partial charge on any atom is 0.396 e. The van der Waals surface area contributed by atoms with Gasteiger partial charge >= 0.3 is 11.9 Å². The summed E-state index contributed by atoms with van der Waals surface area (Å²) in [6.07, 6.45) is 0. The van der Waals surface area contributed by atoms with Gasteiger partial charge in [-0.15, -0.1) is 0 Å². The van der Waals surface area contributed by atoms with Gasteiger partial charge in [0.05, 0.1) is 7.11 Å². The molecule has 0 N–H and O–H groups in total. The number of carbonyl (C=O) groups is 2. The van der Waals surface area contributed by atoms with Gasteiger partial charge in [0.25, 0.3) is 0 Å². The van der Waals surface area contributed by atoms with Crippen LogP contribution in [0.3, 0.4) is 0 Å². The van der Waals surface area contributed by atoms with Gasteiger partial charge in [-0.05, 0) is 20.0 Å². The number of hydrogen-bond acceptors (Lipinski definition) is 4. The van der Waals surface area contributed by atoms with E-state index in [1.54, 1.807) is 0 Å². The normalized spacial score (nSPS) is 10.7. The van der Waals surface area contributed by atoms with Gasteiger partial charge in [0.2, 0.25) is 0 Å². The second-order valence-corrected chi connectivity index (χ2v) is 4.44. The fourth-order valence-electron chi connectivity index (χ4n) is 1.25. The Balaban J connectivity index is 4.41. The third-order valence-electron chi connectivity index (χ3n) is 2.05. The molecule has 0 bridgehead atoms. The van der Waals surface area contributed by atoms with E-state index in [-0.39, 0.29) is 0 Å². The summed E-state index contributed by atoms with van der Waals surface area (Å²) < 4.78 is 4.44. The Morgan fingerprint density at radius 2 is 1.75 bits per heavy atom. The highest BCUT2D eigenvalue weighted by Gasteiger charge is 2.22. The van der Waals surface area contributed by atoms with Crippen LogP contribution in [0.5, 0.6) is 0 Å². The summed E-state index contributed by atoms with van der Waals surface area (Å²) >= 11 is 0. The lowest BCUT2D eigenvalue weighted by Gasteiger charge is -2.24. The van der Waals surface area contributed by atoms with E-state index >= 15 is 0 Å². The molecule has 1 amide bonds. The second-order valence-electron chi connectivity index (χ2n) is 4.44. The van der Waals surface area contributed by atoms with Crippen LogP contribution < -0.4 is 0 Å². The van der Waals surface area contributed by atoms with Gasteiger partial charge in [0.15, 0.2) is 0 Å². The molecule has 0 aromatic heterocycles. The van der Waals surface area contributed by atoms with Gasteiger partial charge in [-0.25, -0.2) is 4.79 Å². The first-order valence-electron chi connectivity index (χ1n) is 5.40. The van der Waals surface area contributed by atoms with Crippen molar-refractivity contribution in [1.82, 2.24) is 9.80 Å². The molecular formula is C11H22N2O3. The topological polar surface area (TPSA) is 49.9 Å². The smallest absolute Gasteiger partial charge is 0.396 e. The van der Waals surface area contributed by atoms with Crippen molar-refractivity contribution in [3.8, 4) is 0 Å². The van der Waals surface area contributed by atoms with E-state index in [0.29, 0.717) is 19.0 Å². The third kappa shape index (κ3) is 5.70. The number of ether oxygens (including phenoxy) is 1. The second kappa shape index (κ2) is 7.22. The van der Waals surface area contributed by atoms with E-state index in [1.165, 1.54) is 12.0 Å². The lowest BCUT2D eigenvalue weighted by Crippen LogP contribution is -2.42. The number of carbonyl (C=O) groups excluding carboxylic acids is 2. The Hall–Kier alpha value is -1.10. The number of methoxy groups -OCH3 is 1. The number of amides is 1. The highest BCUT2D eigenvalue weighted by molar-refractivity contribution is 6.32. The van der Waals surface area contributed by atoms with Gasteiger partial charge in [-0.2, -0.15) is 0 Å². The van der Waals surface area contributed by atoms with Gasteiger partial charge in [0, 0.05) is 19.6 Å². The molecule has 0 unspecified atom stereocenters. The number of rotatable bonds is 5. The summed E-state index contributed by atoms with van der Waals surface area (Å²) in [6, 6.07) is 0. The molecule has 0 aromatic carbocycles. The number of likely N-dealkylation sites (N-methyl/N-ethyl adjacent to an activating group) is 1. The van der Waals surface area contributed by atoms with E-state index < -0.39 is 11.9 Å². The van der Waals surface area contributed by atoms with Crippen LogP contribution in [0.25, 0.3) is 0 Å². The van der Waals surface area contributed by atoms with Crippen LogP contribution in [-0.4, -0.2) is 62.5 Å². The lowest BCUT2D eigenvalue weighted by molar-refractivity contribution is -0.158. The molecule has 0 atom stereocenters. The van der Waals surface area contributed by atoms with Crippen LogP contribution in [-0.2, 0) is 14.3 Å². The Morgan fingerprint density at radius 1 is 1.19 bits per heavy atom. The number of hydrogen-bond donors (Lipinski definition) is 0. The Kier molecular flexibility index (Phi) is 6.72. The van der Waals surface area contributed by atoms with Crippen LogP contribution in [0.2, 0.25) is 0 Å². The van der Waals surface area contributed by atoms with Crippen molar-refractivity contribution in [1.29, 1.82) is 0 Å². The highest BCUT2D eigenvalue weighted by Crippen LogP contribution is 2.00. The largest absolute Gasteiger partial charge is 0.462 e. The van der Waals surface area contributed by atoms with Gasteiger partial charge in [0.1, 0.15) is 0 Å². The van der Waals surface area contributed by atoms with Crippen molar-refractivity contribution >= 4 is 11.9 Å². The standard InChI is InChI=1S/C11H22N2O3/c1-9(2)8-13(7-6-12(3)4)10(14)11(15)16-5/h9H,6-8H2,1-5H3. The maximum atomic E-state index is 11.7. The summed E-state index contributed by atoms with van der Waals surface area (Å²) in [7, 11) is 5.08. The molecule has 0 saturated heterocycles. The molecule has 16 heavy (non-hydrogen) atoms. The number of nitrogens with zero attached hydrogens (tertiary/aromatic N) is 2. The van der Waals surface area contributed by atoms with Crippen LogP contribution in [0.1, 0.15) is 13.8 Å². The van der Waals surface area contributed by atoms with Gasteiger partial charge in [-0.3, -0.25) is 4.79 Å². The summed E-state index contributed by atoms with van der Waals surface area (Å²) in [5, 5.41) is 0. The van der Waals surface area contributed by atoms with Crippen molar-refractivity contribution in [2.45, 2.75) is 13.8 Å². The predicted molar refractivity (Wildman–Crippen MR) is 62.0 cm³/mol. The molecule has 5 heteroatoms. The first-order chi connectivity index (χ1) is 7.38. The molecule has 0 aliphatic carbocycles. The first kappa shape index (κ1) is 14.9. The molecule has 0 fully saturated rings. The third-order valence-corrected chi connectivity index (χ3v) is 2.05. The van der Waals surface area contributed by atoms with Crippen molar-refractivity contribution in [2.24, 2.45) is 5.92 Å². The zero-order chi connectivity index (χ0) is 12.7. The fraction of sp³-hybridized carbons (Fsp3) is 0.818. The average Bonchev–Trinajstić information content (AvgIpc) is 2.21. The lowest BCUT2D eigenvalue weighted by atomic mass is 10.2. The van der Waals surface area contributed by atoms with E-state index in [0.717, 1.165) is 6.54 Å². The van der Waals surface area contributed by atoms with Crippen molar-refractivity contribution in [2.75, 3.05) is 40.8 Å². The molecular weight excluding hydrogens is 208 g/mol. The molecule has 0 aromatic rings. The average molecular weight is 230 g/mol. The summed E-state index contributed by atoms with van der Waals surface area (Å²) in [5.74, 6) is -1.02. The SMILES string of the molecule is COC(=O)C(=O)N(CCN(C)C)CC(C)C. The van der Waals surface area contributed by atoms with Gasteiger partial charge < -0.3 is 14.5 Å². The molecule has 0 rings (SSSR count). The van der Waals surface area contributed by atoms with Crippen LogP contribution >= 0.6 is 0 Å². The summed E-state index contributed by atoms with van der Waals surface area (Å²) in [6.45, 7) is 5.86. The van der Waals surface area contributed by atoms with E-state index in [4.69, 9.17) is 0 Å². The molecule has 0 radical (unpaired) electrons. The van der Waals surface area contributed by atoms with E-state index in [9.17, 15) is 9.59 Å². The van der Waals surface area contributed by atoms with Crippen molar-refractivity contribution < 1.29 is 14.3 Å². The number of esters is 1. The van der Waals surface area contributed by atoms with Crippen molar-refractivity contribution in [3.05, 3.63) is 0 Å². The summed E-state index contributed by atoms with van der Waals surface area (Å²) in [4.78, 5) is 26.3. The quantitative estimate of drug-likeness (QED) is 0.500. The molecule has 5 nitrogen and oxygen atoms in total. The Labute approximate surface area is 97.3 Å². The van der Waals surface area contributed by atoms with E-state index in [2.05, 4.69) is 4.74 Å². The van der Waals surface area contributed by atoms with Crippen LogP contribution in [0, 0.1) is 5.92 Å². The minimum atomic E-state index is -0.792. The zero-order valence-electron chi connectivity index (χ0n) is 10.8. The minimum Gasteiger partial charge on any atom is -0.462 e. The van der Waals surface area contributed by atoms with E-state index in [1.807, 2.05) is 32.8 Å². The fourth-order valence-corrected chi connectivity index (χ4v) is 1.25. The van der Waals surface area contributed by atoms with Crippen LogP contribution in [0.15, 0.2) is 0 Å². The monoisotopic (exact) mass is 230 g/mol. The Morgan fingerprint density at radius 3 is 2.12 bits per heavy atom.